The lowest BCUT2D eigenvalue weighted by Gasteiger charge is -2.09. The van der Waals surface area contributed by atoms with Gasteiger partial charge in [0.1, 0.15) is 34.2 Å². The SMILES string of the molecule is COc1cc(NC(=O)Cc2ccc(-c3cccc(C#N)n3)c(F)c2)ncc1Cl. The van der Waals surface area contributed by atoms with Gasteiger partial charge in [0.2, 0.25) is 5.91 Å². The fourth-order valence-corrected chi connectivity index (χ4v) is 2.72. The minimum absolute atomic E-state index is 0.0461. The molecule has 0 saturated carbocycles. The van der Waals surface area contributed by atoms with Gasteiger partial charge in [-0.05, 0) is 29.8 Å². The Morgan fingerprint density at radius 2 is 2.14 bits per heavy atom. The number of halogens is 2. The Labute approximate surface area is 165 Å². The van der Waals surface area contributed by atoms with Crippen molar-refractivity contribution < 1.29 is 13.9 Å². The average Bonchev–Trinajstić information content (AvgIpc) is 2.69. The largest absolute Gasteiger partial charge is 0.495 e. The highest BCUT2D eigenvalue weighted by Gasteiger charge is 2.12. The van der Waals surface area contributed by atoms with Gasteiger partial charge in [0.05, 0.1) is 25.4 Å². The first-order valence-corrected chi connectivity index (χ1v) is 8.53. The number of carbonyl (C=O) groups excluding carboxylic acids is 1. The second-order valence-electron chi connectivity index (χ2n) is 5.76. The summed E-state index contributed by atoms with van der Waals surface area (Å²) in [5.74, 6) is -0.233. The van der Waals surface area contributed by atoms with Crippen LogP contribution < -0.4 is 10.1 Å². The van der Waals surface area contributed by atoms with Gasteiger partial charge in [0.15, 0.2) is 0 Å². The van der Waals surface area contributed by atoms with Crippen LogP contribution in [0.15, 0.2) is 48.7 Å². The molecule has 1 N–H and O–H groups in total. The topological polar surface area (TPSA) is 87.9 Å². The van der Waals surface area contributed by atoms with Crippen molar-refractivity contribution in [3.63, 3.8) is 0 Å². The predicted molar refractivity (Wildman–Crippen MR) is 102 cm³/mol. The quantitative estimate of drug-likeness (QED) is 0.704. The van der Waals surface area contributed by atoms with E-state index >= 15 is 0 Å². The Bertz CT molecular complexity index is 1080. The van der Waals surface area contributed by atoms with E-state index in [9.17, 15) is 9.18 Å². The molecule has 2 aromatic heterocycles. The number of rotatable bonds is 5. The molecule has 0 unspecified atom stereocenters. The molecule has 1 aromatic carbocycles. The van der Waals surface area contributed by atoms with Crippen molar-refractivity contribution in [3.8, 4) is 23.1 Å². The van der Waals surface area contributed by atoms with Gasteiger partial charge in [0, 0.05) is 11.6 Å². The van der Waals surface area contributed by atoms with Crippen molar-refractivity contribution >= 4 is 23.3 Å². The summed E-state index contributed by atoms with van der Waals surface area (Å²) in [6.45, 7) is 0. The van der Waals surface area contributed by atoms with E-state index < -0.39 is 5.82 Å². The number of amides is 1. The van der Waals surface area contributed by atoms with Crippen molar-refractivity contribution in [3.05, 3.63) is 70.8 Å². The van der Waals surface area contributed by atoms with E-state index in [4.69, 9.17) is 21.6 Å². The van der Waals surface area contributed by atoms with Gasteiger partial charge in [-0.25, -0.2) is 14.4 Å². The first-order valence-electron chi connectivity index (χ1n) is 8.15. The summed E-state index contributed by atoms with van der Waals surface area (Å²) in [5, 5.41) is 11.9. The molecule has 140 valence electrons. The monoisotopic (exact) mass is 396 g/mol. The highest BCUT2D eigenvalue weighted by Crippen LogP contribution is 2.26. The second-order valence-corrected chi connectivity index (χ2v) is 6.17. The van der Waals surface area contributed by atoms with E-state index in [-0.39, 0.29) is 29.4 Å². The van der Waals surface area contributed by atoms with Crippen LogP contribution in [0, 0.1) is 17.1 Å². The molecule has 8 heteroatoms. The molecule has 0 radical (unpaired) electrons. The Morgan fingerprint density at radius 1 is 1.32 bits per heavy atom. The smallest absolute Gasteiger partial charge is 0.229 e. The van der Waals surface area contributed by atoms with Gasteiger partial charge < -0.3 is 10.1 Å². The van der Waals surface area contributed by atoms with Gasteiger partial charge in [-0.1, -0.05) is 23.7 Å². The summed E-state index contributed by atoms with van der Waals surface area (Å²) >= 11 is 5.90. The van der Waals surface area contributed by atoms with Crippen LogP contribution in [-0.2, 0) is 11.2 Å². The number of hydrogen-bond acceptors (Lipinski definition) is 5. The van der Waals surface area contributed by atoms with E-state index in [1.54, 1.807) is 24.3 Å². The van der Waals surface area contributed by atoms with E-state index in [0.717, 1.165) is 0 Å². The highest BCUT2D eigenvalue weighted by molar-refractivity contribution is 6.32. The fraction of sp³-hybridized carbons (Fsp3) is 0.100. The third-order valence-electron chi connectivity index (χ3n) is 3.85. The van der Waals surface area contributed by atoms with Crippen molar-refractivity contribution in [2.45, 2.75) is 6.42 Å². The number of carbonyl (C=O) groups is 1. The number of nitrogens with one attached hydrogen (secondary N) is 1. The fourth-order valence-electron chi connectivity index (χ4n) is 2.54. The van der Waals surface area contributed by atoms with Crippen LogP contribution in [-0.4, -0.2) is 23.0 Å². The maximum absolute atomic E-state index is 14.5. The number of hydrogen-bond donors (Lipinski definition) is 1. The number of aromatic nitrogens is 2. The Kier molecular flexibility index (Phi) is 5.82. The van der Waals surface area contributed by atoms with E-state index in [0.29, 0.717) is 22.0 Å². The Balaban J connectivity index is 1.73. The second kappa shape index (κ2) is 8.46. The maximum Gasteiger partial charge on any atom is 0.229 e. The van der Waals surface area contributed by atoms with Crippen LogP contribution in [0.25, 0.3) is 11.3 Å². The van der Waals surface area contributed by atoms with Crippen LogP contribution in [0.3, 0.4) is 0 Å². The lowest BCUT2D eigenvalue weighted by Crippen LogP contribution is -2.15. The molecule has 1 amide bonds. The summed E-state index contributed by atoms with van der Waals surface area (Å²) in [4.78, 5) is 20.3. The molecule has 0 fully saturated rings. The first-order chi connectivity index (χ1) is 13.5. The van der Waals surface area contributed by atoms with Crippen molar-refractivity contribution in [1.82, 2.24) is 9.97 Å². The first kappa shape index (κ1) is 19.3. The van der Waals surface area contributed by atoms with Crippen molar-refractivity contribution in [1.29, 1.82) is 5.26 Å². The standard InChI is InChI=1S/C20H14ClFN4O2/c1-28-18-9-19(24-11-15(18)21)26-20(27)8-12-5-6-14(16(22)7-12)17-4-2-3-13(10-23)25-17/h2-7,9,11H,8H2,1H3,(H,24,26,27). The lowest BCUT2D eigenvalue weighted by atomic mass is 10.0. The minimum Gasteiger partial charge on any atom is -0.495 e. The normalized spacial score (nSPS) is 10.2. The van der Waals surface area contributed by atoms with Crippen LogP contribution >= 0.6 is 11.6 Å². The van der Waals surface area contributed by atoms with Crippen LogP contribution in [0.1, 0.15) is 11.3 Å². The van der Waals surface area contributed by atoms with E-state index in [1.807, 2.05) is 6.07 Å². The number of benzene rings is 1. The minimum atomic E-state index is -0.529. The molecule has 3 aromatic rings. The molecule has 0 aliphatic carbocycles. The average molecular weight is 397 g/mol. The zero-order valence-electron chi connectivity index (χ0n) is 14.7. The van der Waals surface area contributed by atoms with E-state index in [2.05, 4.69) is 15.3 Å². The Morgan fingerprint density at radius 3 is 2.86 bits per heavy atom. The van der Waals surface area contributed by atoms with E-state index in [1.165, 1.54) is 31.5 Å². The molecular formula is C20H14ClFN4O2. The number of methoxy groups -OCH3 is 1. The zero-order chi connectivity index (χ0) is 20.1. The number of nitriles is 1. The molecule has 0 atom stereocenters. The third-order valence-corrected chi connectivity index (χ3v) is 4.13. The molecule has 0 aliphatic heterocycles. The maximum atomic E-state index is 14.5. The van der Waals surface area contributed by atoms with Crippen LogP contribution in [0.5, 0.6) is 5.75 Å². The third kappa shape index (κ3) is 4.42. The summed E-state index contributed by atoms with van der Waals surface area (Å²) < 4.78 is 19.6. The highest BCUT2D eigenvalue weighted by atomic mass is 35.5. The molecule has 6 nitrogen and oxygen atoms in total. The molecule has 0 bridgehead atoms. The molecule has 0 saturated heterocycles. The number of pyridine rings is 2. The molecular weight excluding hydrogens is 383 g/mol. The van der Waals surface area contributed by atoms with Gasteiger partial charge in [0.25, 0.3) is 0 Å². The summed E-state index contributed by atoms with van der Waals surface area (Å²) in [7, 11) is 1.46. The number of anilines is 1. The van der Waals surface area contributed by atoms with Crippen molar-refractivity contribution in [2.24, 2.45) is 0 Å². The van der Waals surface area contributed by atoms with Gasteiger partial charge in [-0.3, -0.25) is 4.79 Å². The van der Waals surface area contributed by atoms with Gasteiger partial charge in [-0.2, -0.15) is 5.26 Å². The number of ether oxygens (including phenoxy) is 1. The Hall–Kier alpha value is -3.50. The summed E-state index contributed by atoms with van der Waals surface area (Å²) in [6, 6.07) is 12.6. The zero-order valence-corrected chi connectivity index (χ0v) is 15.5. The predicted octanol–water partition coefficient (Wildman–Crippen LogP) is 4.00. The summed E-state index contributed by atoms with van der Waals surface area (Å²) in [6.07, 6.45) is 1.32. The lowest BCUT2D eigenvalue weighted by molar-refractivity contribution is -0.115. The molecule has 28 heavy (non-hydrogen) atoms. The van der Waals surface area contributed by atoms with Gasteiger partial charge in [-0.15, -0.1) is 0 Å². The van der Waals surface area contributed by atoms with Gasteiger partial charge >= 0.3 is 0 Å². The van der Waals surface area contributed by atoms with Crippen LogP contribution in [0.2, 0.25) is 5.02 Å². The summed E-state index contributed by atoms with van der Waals surface area (Å²) in [5.41, 5.74) is 1.29. The molecule has 2 heterocycles. The molecule has 0 aliphatic rings. The van der Waals surface area contributed by atoms with Crippen molar-refractivity contribution in [2.75, 3.05) is 12.4 Å². The molecule has 0 spiro atoms. The number of nitrogens with zero attached hydrogens (tertiary/aromatic N) is 3. The van der Waals surface area contributed by atoms with Crippen LogP contribution in [0.4, 0.5) is 10.2 Å². The molecule has 3 rings (SSSR count).